The molecular weight excluding hydrogens is 431 g/mol. The minimum absolute atomic E-state index is 0.317. The van der Waals surface area contributed by atoms with Crippen molar-refractivity contribution >= 4 is 66.6 Å². The maximum absolute atomic E-state index is 12.5. The summed E-state index contributed by atoms with van der Waals surface area (Å²) in [5.74, 6) is -0.317. The molecule has 0 radical (unpaired) electrons. The Labute approximate surface area is 161 Å². The topological polar surface area (TPSA) is 34.4 Å². The largest absolute Gasteiger partial charge is 0.311 e. The Morgan fingerprint density at radius 1 is 1.33 bits per heavy atom. The summed E-state index contributed by atoms with van der Waals surface area (Å²) in [6.45, 7) is 4.25. The van der Waals surface area contributed by atoms with Crippen LogP contribution in [0.2, 0.25) is 10.0 Å². The number of hydrogen-bond acceptors (Lipinski definition) is 2. The van der Waals surface area contributed by atoms with E-state index in [9.17, 15) is 4.79 Å². The molecule has 0 aliphatic heterocycles. The number of rotatable bonds is 3. The third-order valence-electron chi connectivity index (χ3n) is 3.28. The van der Waals surface area contributed by atoms with E-state index < -0.39 is 0 Å². The number of fused-ring (bicyclic) bond motifs is 1. The van der Waals surface area contributed by atoms with Crippen molar-refractivity contribution in [1.82, 2.24) is 4.57 Å². The number of aromatic nitrogens is 1. The molecule has 0 atom stereocenters. The molecule has 7 heteroatoms. The standard InChI is InChI=1S/C17H11BrCl2N2OS/c1-2-6-22-15-13(20)8-12(19)9-14(15)24-17(22)21-16(23)10-4-3-5-11(18)7-10/h2-5,7-9H,1,6H2. The second-order valence-corrected chi connectivity index (χ2v) is 7.71. The normalized spacial score (nSPS) is 11.9. The third-order valence-corrected chi connectivity index (χ3v) is 5.30. The van der Waals surface area contributed by atoms with Crippen molar-refractivity contribution in [3.8, 4) is 0 Å². The van der Waals surface area contributed by atoms with Crippen molar-refractivity contribution in [1.29, 1.82) is 0 Å². The molecule has 0 aliphatic carbocycles. The summed E-state index contributed by atoms with van der Waals surface area (Å²) in [7, 11) is 0. The van der Waals surface area contributed by atoms with Crippen molar-refractivity contribution in [3.63, 3.8) is 0 Å². The Hall–Kier alpha value is -1.40. The summed E-state index contributed by atoms with van der Waals surface area (Å²) in [5, 5.41) is 1.07. The summed E-state index contributed by atoms with van der Waals surface area (Å²) in [4.78, 5) is 17.3. The van der Waals surface area contributed by atoms with Crippen LogP contribution in [0.4, 0.5) is 0 Å². The van der Waals surface area contributed by atoms with E-state index in [0.29, 0.717) is 27.0 Å². The highest BCUT2D eigenvalue weighted by molar-refractivity contribution is 9.10. The highest BCUT2D eigenvalue weighted by Gasteiger charge is 2.12. The number of carbonyl (C=O) groups is 1. The number of halogens is 3. The quantitative estimate of drug-likeness (QED) is 0.480. The van der Waals surface area contributed by atoms with Crippen LogP contribution in [0.5, 0.6) is 0 Å². The minimum Gasteiger partial charge on any atom is -0.311 e. The van der Waals surface area contributed by atoms with Crippen LogP contribution in [0.25, 0.3) is 10.2 Å². The highest BCUT2D eigenvalue weighted by atomic mass is 79.9. The van der Waals surface area contributed by atoms with Crippen LogP contribution in [-0.2, 0) is 6.54 Å². The molecule has 3 nitrogen and oxygen atoms in total. The van der Waals surface area contributed by atoms with Gasteiger partial charge in [0.1, 0.15) is 0 Å². The van der Waals surface area contributed by atoms with Gasteiger partial charge >= 0.3 is 0 Å². The van der Waals surface area contributed by atoms with E-state index in [4.69, 9.17) is 23.2 Å². The molecule has 0 N–H and O–H groups in total. The molecule has 24 heavy (non-hydrogen) atoms. The first-order chi connectivity index (χ1) is 11.5. The fraction of sp³-hybridized carbons (Fsp3) is 0.0588. The first kappa shape index (κ1) is 17.4. The Kier molecular flexibility index (Phi) is 5.25. The molecule has 0 saturated carbocycles. The van der Waals surface area contributed by atoms with E-state index in [-0.39, 0.29) is 5.91 Å². The van der Waals surface area contributed by atoms with Crippen LogP contribution >= 0.6 is 50.5 Å². The third kappa shape index (κ3) is 3.49. The highest BCUT2D eigenvalue weighted by Crippen LogP contribution is 2.29. The molecule has 0 bridgehead atoms. The summed E-state index contributed by atoms with van der Waals surface area (Å²) in [5.41, 5.74) is 1.31. The van der Waals surface area contributed by atoms with Crippen LogP contribution in [0.15, 0.2) is 58.5 Å². The number of carbonyl (C=O) groups excluding carboxylic acids is 1. The maximum Gasteiger partial charge on any atom is 0.279 e. The van der Waals surface area contributed by atoms with Crippen LogP contribution < -0.4 is 4.80 Å². The molecule has 122 valence electrons. The number of thiazole rings is 1. The Bertz CT molecular complexity index is 1020. The lowest BCUT2D eigenvalue weighted by molar-refractivity contribution is 0.0998. The smallest absolute Gasteiger partial charge is 0.279 e. The van der Waals surface area contributed by atoms with Crippen molar-refractivity contribution in [2.24, 2.45) is 4.99 Å². The lowest BCUT2D eigenvalue weighted by atomic mass is 10.2. The zero-order valence-electron chi connectivity index (χ0n) is 12.3. The van der Waals surface area contributed by atoms with Gasteiger partial charge in [0, 0.05) is 21.6 Å². The summed E-state index contributed by atoms with van der Waals surface area (Å²) < 4.78 is 3.56. The van der Waals surface area contributed by atoms with Gasteiger partial charge in [0.15, 0.2) is 4.80 Å². The van der Waals surface area contributed by atoms with Crippen LogP contribution in [0.1, 0.15) is 10.4 Å². The molecular formula is C17H11BrCl2N2OS. The van der Waals surface area contributed by atoms with E-state index >= 15 is 0 Å². The Morgan fingerprint density at radius 3 is 2.83 bits per heavy atom. The van der Waals surface area contributed by atoms with Gasteiger partial charge in [-0.25, -0.2) is 0 Å². The zero-order chi connectivity index (χ0) is 17.3. The maximum atomic E-state index is 12.5. The first-order valence-corrected chi connectivity index (χ1v) is 9.30. The molecule has 1 heterocycles. The fourth-order valence-corrected chi connectivity index (χ4v) is 4.51. The van der Waals surface area contributed by atoms with E-state index in [1.165, 1.54) is 11.3 Å². The SMILES string of the molecule is C=CCn1c(=NC(=O)c2cccc(Br)c2)sc2cc(Cl)cc(Cl)c21. The Balaban J connectivity index is 2.21. The van der Waals surface area contributed by atoms with Gasteiger partial charge < -0.3 is 4.57 Å². The lowest BCUT2D eigenvalue weighted by Crippen LogP contribution is -2.16. The van der Waals surface area contributed by atoms with Gasteiger partial charge in [0.25, 0.3) is 5.91 Å². The predicted molar refractivity (Wildman–Crippen MR) is 104 cm³/mol. The molecule has 1 aromatic heterocycles. The second kappa shape index (κ2) is 7.23. The molecule has 3 aromatic rings. The molecule has 2 aromatic carbocycles. The fourth-order valence-electron chi connectivity index (χ4n) is 2.29. The van der Waals surface area contributed by atoms with Crippen LogP contribution in [-0.4, -0.2) is 10.5 Å². The zero-order valence-corrected chi connectivity index (χ0v) is 16.2. The first-order valence-electron chi connectivity index (χ1n) is 6.93. The molecule has 0 unspecified atom stereocenters. The number of benzene rings is 2. The van der Waals surface area contributed by atoms with Crippen molar-refractivity contribution in [2.75, 3.05) is 0 Å². The van der Waals surface area contributed by atoms with Gasteiger partial charge in [-0.1, -0.05) is 62.6 Å². The average Bonchev–Trinajstić information content (AvgIpc) is 2.85. The van der Waals surface area contributed by atoms with E-state index in [1.807, 2.05) is 16.7 Å². The lowest BCUT2D eigenvalue weighted by Gasteiger charge is -2.03. The van der Waals surface area contributed by atoms with Crippen LogP contribution in [0, 0.1) is 0 Å². The Morgan fingerprint density at radius 2 is 2.12 bits per heavy atom. The van der Waals surface area contributed by atoms with Gasteiger partial charge in [-0.3, -0.25) is 4.79 Å². The van der Waals surface area contributed by atoms with Gasteiger partial charge in [-0.2, -0.15) is 4.99 Å². The van der Waals surface area contributed by atoms with E-state index in [0.717, 1.165) is 14.7 Å². The van der Waals surface area contributed by atoms with Crippen molar-refractivity contribution in [2.45, 2.75) is 6.54 Å². The minimum atomic E-state index is -0.317. The second-order valence-electron chi connectivity index (χ2n) is 4.95. The number of amides is 1. The summed E-state index contributed by atoms with van der Waals surface area (Å²) >= 11 is 17.1. The molecule has 3 rings (SSSR count). The van der Waals surface area contributed by atoms with Gasteiger partial charge in [-0.15, -0.1) is 6.58 Å². The average molecular weight is 442 g/mol. The van der Waals surface area contributed by atoms with E-state index in [2.05, 4.69) is 27.5 Å². The number of hydrogen-bond donors (Lipinski definition) is 0. The molecule has 1 amide bonds. The van der Waals surface area contributed by atoms with Gasteiger partial charge in [-0.05, 0) is 30.3 Å². The monoisotopic (exact) mass is 440 g/mol. The summed E-state index contributed by atoms with van der Waals surface area (Å²) in [6.07, 6.45) is 1.74. The number of nitrogens with zero attached hydrogens (tertiary/aromatic N) is 2. The van der Waals surface area contributed by atoms with Gasteiger partial charge in [0.2, 0.25) is 0 Å². The molecule has 0 fully saturated rings. The van der Waals surface area contributed by atoms with Crippen LogP contribution in [0.3, 0.4) is 0 Å². The number of allylic oxidation sites excluding steroid dienone is 1. The summed E-state index contributed by atoms with van der Waals surface area (Å²) in [6, 6.07) is 10.6. The van der Waals surface area contributed by atoms with Crippen molar-refractivity contribution < 1.29 is 4.79 Å². The predicted octanol–water partition coefficient (Wildman–Crippen LogP) is 5.70. The molecule has 0 saturated heterocycles. The molecule has 0 spiro atoms. The van der Waals surface area contributed by atoms with Gasteiger partial charge in [0.05, 0.1) is 15.2 Å². The van der Waals surface area contributed by atoms with Crippen molar-refractivity contribution in [3.05, 3.63) is 73.9 Å². The molecule has 0 aliphatic rings. The van der Waals surface area contributed by atoms with E-state index in [1.54, 1.807) is 30.3 Å².